The molecule has 10 heteroatoms. The Morgan fingerprint density at radius 3 is 2.19 bits per heavy atom. The molecule has 2 aliphatic rings. The minimum Gasteiger partial charge on any atom is -0.332 e. The van der Waals surface area contributed by atoms with E-state index < -0.39 is 19.7 Å². The molecule has 0 aliphatic carbocycles. The average molecular weight is 418 g/mol. The molecule has 0 spiro atoms. The van der Waals surface area contributed by atoms with Gasteiger partial charge in [0.25, 0.3) is 0 Å². The molecule has 144 valence electrons. The minimum atomic E-state index is -3.10. The van der Waals surface area contributed by atoms with Crippen LogP contribution in [-0.2, 0) is 19.7 Å². The summed E-state index contributed by atoms with van der Waals surface area (Å²) in [5.41, 5.74) is 5.09. The topological polar surface area (TPSA) is 95.6 Å². The molecule has 2 aliphatic heterocycles. The van der Waals surface area contributed by atoms with Crippen LogP contribution < -0.4 is 10.7 Å². The van der Waals surface area contributed by atoms with Crippen LogP contribution in [0.25, 0.3) is 0 Å². The first-order valence-corrected chi connectivity index (χ1v) is 12.5. The summed E-state index contributed by atoms with van der Waals surface area (Å²) in [6.45, 7) is 1.99. The Morgan fingerprint density at radius 1 is 1.04 bits per heavy atom. The van der Waals surface area contributed by atoms with Gasteiger partial charge in [-0.25, -0.2) is 22.3 Å². The lowest BCUT2D eigenvalue weighted by atomic mass is 10.2. The zero-order valence-electron chi connectivity index (χ0n) is 14.5. The van der Waals surface area contributed by atoms with Crippen molar-refractivity contribution in [1.82, 2.24) is 10.4 Å². The van der Waals surface area contributed by atoms with Crippen LogP contribution in [0.1, 0.15) is 18.4 Å². The second kappa shape index (κ2) is 7.41. The van der Waals surface area contributed by atoms with Gasteiger partial charge in [-0.15, -0.1) is 0 Å². The van der Waals surface area contributed by atoms with Crippen molar-refractivity contribution in [2.75, 3.05) is 28.3 Å². The van der Waals surface area contributed by atoms with Crippen LogP contribution in [0.4, 0.5) is 5.69 Å². The van der Waals surface area contributed by atoms with Gasteiger partial charge in [-0.1, -0.05) is 17.7 Å². The predicted octanol–water partition coefficient (Wildman–Crippen LogP) is 0.873. The third-order valence-electron chi connectivity index (χ3n) is 4.65. The summed E-state index contributed by atoms with van der Waals surface area (Å²) >= 11 is 5.50. The summed E-state index contributed by atoms with van der Waals surface area (Å²) in [4.78, 5) is 0. The summed E-state index contributed by atoms with van der Waals surface area (Å²) in [5.74, 6) is 0.302. The van der Waals surface area contributed by atoms with E-state index in [0.717, 1.165) is 11.3 Å². The number of anilines is 1. The molecule has 3 rings (SSSR count). The Hall–Kier alpha value is -1.23. The van der Waals surface area contributed by atoms with Crippen LogP contribution in [0.3, 0.4) is 0 Å². The Kier molecular flexibility index (Phi) is 5.57. The number of hydrazine groups is 1. The van der Waals surface area contributed by atoms with Crippen LogP contribution >= 0.6 is 12.2 Å². The van der Waals surface area contributed by atoms with Crippen LogP contribution in [-0.4, -0.2) is 62.1 Å². The quantitative estimate of drug-likeness (QED) is 0.550. The third kappa shape index (κ3) is 4.93. The number of hydrogen-bond acceptors (Lipinski definition) is 6. The lowest BCUT2D eigenvalue weighted by Crippen LogP contribution is -2.55. The van der Waals surface area contributed by atoms with Crippen molar-refractivity contribution in [3.05, 3.63) is 29.8 Å². The van der Waals surface area contributed by atoms with Crippen molar-refractivity contribution in [3.8, 4) is 0 Å². The van der Waals surface area contributed by atoms with Gasteiger partial charge in [0.15, 0.2) is 24.8 Å². The van der Waals surface area contributed by atoms with Crippen molar-refractivity contribution in [3.63, 3.8) is 0 Å². The molecule has 1 aromatic carbocycles. The van der Waals surface area contributed by atoms with Crippen molar-refractivity contribution in [2.24, 2.45) is 0 Å². The molecule has 26 heavy (non-hydrogen) atoms. The van der Waals surface area contributed by atoms with Crippen LogP contribution in [0.5, 0.6) is 0 Å². The number of sulfone groups is 2. The van der Waals surface area contributed by atoms with E-state index in [0.29, 0.717) is 18.0 Å². The lowest BCUT2D eigenvalue weighted by molar-refractivity contribution is 0.220. The smallest absolute Gasteiger partial charge is 0.188 e. The van der Waals surface area contributed by atoms with Crippen LogP contribution in [0.2, 0.25) is 0 Å². The van der Waals surface area contributed by atoms with E-state index in [4.69, 9.17) is 12.2 Å². The van der Waals surface area contributed by atoms with Gasteiger partial charge < -0.3 is 5.32 Å². The first-order chi connectivity index (χ1) is 12.1. The van der Waals surface area contributed by atoms with Gasteiger partial charge in [0.1, 0.15) is 0 Å². The maximum atomic E-state index is 11.9. The van der Waals surface area contributed by atoms with Gasteiger partial charge in [-0.2, -0.15) is 0 Å². The molecule has 2 saturated heterocycles. The van der Waals surface area contributed by atoms with Crippen LogP contribution in [0.15, 0.2) is 24.3 Å². The molecule has 1 aromatic rings. The number of thiocarbonyl (C=S) groups is 1. The Balaban J connectivity index is 1.75. The van der Waals surface area contributed by atoms with E-state index in [1.165, 1.54) is 0 Å². The molecular formula is C16H23N3O4S3. The molecule has 0 bridgehead atoms. The van der Waals surface area contributed by atoms with E-state index >= 15 is 0 Å². The molecule has 0 radical (unpaired) electrons. The highest BCUT2D eigenvalue weighted by atomic mass is 32.2. The molecule has 0 unspecified atom stereocenters. The normalized spacial score (nSPS) is 26.5. The molecule has 2 heterocycles. The standard InChI is InChI=1S/C16H23N3O4S3/c1-12-2-4-13(5-3-12)17-16(24)19(15-7-9-26(22,23)11-15)18-14-6-8-25(20,21)10-14/h2-5,14-15,18H,6-11H2,1H3,(H,17,24)/t14-,15-/m1/s1. The van der Waals surface area contributed by atoms with Crippen molar-refractivity contribution < 1.29 is 16.8 Å². The number of nitrogens with one attached hydrogen (secondary N) is 2. The van der Waals surface area contributed by atoms with Gasteiger partial charge in [0.05, 0.1) is 29.1 Å². The number of nitrogens with zero attached hydrogens (tertiary/aromatic N) is 1. The van der Waals surface area contributed by atoms with Crippen molar-refractivity contribution in [1.29, 1.82) is 0 Å². The van der Waals surface area contributed by atoms with Crippen molar-refractivity contribution in [2.45, 2.75) is 31.8 Å². The molecule has 0 aromatic heterocycles. The largest absolute Gasteiger partial charge is 0.332 e. The summed E-state index contributed by atoms with van der Waals surface area (Å²) in [7, 11) is -6.14. The Bertz CT molecular complexity index is 882. The summed E-state index contributed by atoms with van der Waals surface area (Å²) in [6.07, 6.45) is 0.954. The average Bonchev–Trinajstić information content (AvgIpc) is 3.08. The Labute approximate surface area is 160 Å². The maximum absolute atomic E-state index is 11.9. The van der Waals surface area contributed by atoms with E-state index in [1.807, 2.05) is 31.2 Å². The van der Waals surface area contributed by atoms with E-state index in [-0.39, 0.29) is 35.1 Å². The SMILES string of the molecule is Cc1ccc(NC(=S)N(N[C@@H]2CCS(=O)(=O)C2)[C@@H]2CCS(=O)(=O)C2)cc1. The van der Waals surface area contributed by atoms with Gasteiger partial charge in [-0.05, 0) is 44.1 Å². The highest BCUT2D eigenvalue weighted by molar-refractivity contribution is 7.92. The molecular weight excluding hydrogens is 394 g/mol. The molecule has 0 saturated carbocycles. The maximum Gasteiger partial charge on any atom is 0.188 e. The molecule has 2 N–H and O–H groups in total. The molecule has 0 amide bonds. The number of hydrogen-bond donors (Lipinski definition) is 2. The summed E-state index contributed by atoms with van der Waals surface area (Å²) in [6, 6.07) is 7.12. The highest BCUT2D eigenvalue weighted by Gasteiger charge is 2.37. The zero-order valence-corrected chi connectivity index (χ0v) is 17.0. The third-order valence-corrected chi connectivity index (χ3v) is 8.47. The summed E-state index contributed by atoms with van der Waals surface area (Å²) < 4.78 is 47.3. The van der Waals surface area contributed by atoms with E-state index in [2.05, 4.69) is 10.7 Å². The summed E-state index contributed by atoms with van der Waals surface area (Å²) in [5, 5.41) is 5.11. The van der Waals surface area contributed by atoms with Crippen molar-refractivity contribution >= 4 is 42.7 Å². The number of rotatable bonds is 4. The molecule has 7 nitrogen and oxygen atoms in total. The Morgan fingerprint density at radius 2 is 1.65 bits per heavy atom. The van der Waals surface area contributed by atoms with Gasteiger partial charge in [0, 0.05) is 11.7 Å². The van der Waals surface area contributed by atoms with Gasteiger partial charge in [0.2, 0.25) is 0 Å². The zero-order chi connectivity index (χ0) is 18.9. The fourth-order valence-electron chi connectivity index (χ4n) is 3.22. The second-order valence-corrected chi connectivity index (χ2v) is 11.8. The monoisotopic (exact) mass is 417 g/mol. The van der Waals surface area contributed by atoms with Crippen LogP contribution in [0, 0.1) is 6.92 Å². The molecule has 2 atom stereocenters. The van der Waals surface area contributed by atoms with E-state index in [1.54, 1.807) is 5.01 Å². The molecule has 2 fully saturated rings. The number of aryl methyl sites for hydroxylation is 1. The highest BCUT2D eigenvalue weighted by Crippen LogP contribution is 2.20. The first-order valence-electron chi connectivity index (χ1n) is 8.47. The second-order valence-electron chi connectivity index (χ2n) is 6.95. The van der Waals surface area contributed by atoms with E-state index in [9.17, 15) is 16.8 Å². The van der Waals surface area contributed by atoms with Gasteiger partial charge >= 0.3 is 0 Å². The first kappa shape index (κ1) is 19.5. The van der Waals surface area contributed by atoms with Gasteiger partial charge in [-0.3, -0.25) is 5.01 Å². The minimum absolute atomic E-state index is 0.00911. The fourth-order valence-corrected chi connectivity index (χ4v) is 6.91. The predicted molar refractivity (Wildman–Crippen MR) is 106 cm³/mol. The lowest BCUT2D eigenvalue weighted by Gasteiger charge is -2.33. The fraction of sp³-hybridized carbons (Fsp3) is 0.562. The number of benzene rings is 1.